The third-order valence-corrected chi connectivity index (χ3v) is 7.22. The van der Waals surface area contributed by atoms with Crippen LogP contribution in [0.1, 0.15) is 68.3 Å². The van der Waals surface area contributed by atoms with Gasteiger partial charge in [-0.05, 0) is 50.0 Å². The van der Waals surface area contributed by atoms with E-state index >= 15 is 0 Å². The molecule has 156 valence electrons. The predicted octanol–water partition coefficient (Wildman–Crippen LogP) is 4.70. The molecule has 3 heterocycles. The largest absolute Gasteiger partial charge is 0.417 e. The molecule has 0 bridgehead atoms. The van der Waals surface area contributed by atoms with Crippen LogP contribution in [0.25, 0.3) is 11.1 Å². The monoisotopic (exact) mass is 407 g/mol. The number of fused-ring (bicyclic) bond motifs is 1. The van der Waals surface area contributed by atoms with Crippen LogP contribution in [0.2, 0.25) is 0 Å². The van der Waals surface area contributed by atoms with Gasteiger partial charge in [-0.15, -0.1) is 0 Å². The van der Waals surface area contributed by atoms with E-state index in [9.17, 15) is 18.0 Å². The maximum atomic E-state index is 13.7. The zero-order valence-corrected chi connectivity index (χ0v) is 16.4. The molecule has 3 fully saturated rings. The Morgan fingerprint density at radius 2 is 2.03 bits per heavy atom. The molecule has 2 aromatic heterocycles. The van der Waals surface area contributed by atoms with Gasteiger partial charge in [-0.3, -0.25) is 4.79 Å². The van der Waals surface area contributed by atoms with E-state index in [2.05, 4.69) is 10.1 Å². The second kappa shape index (κ2) is 6.44. The molecule has 2 aromatic rings. The number of aromatic nitrogens is 2. The van der Waals surface area contributed by atoms with E-state index in [1.165, 1.54) is 6.42 Å². The molecule has 5 rings (SSSR count). The van der Waals surface area contributed by atoms with Crippen LogP contribution in [0.3, 0.4) is 0 Å². The van der Waals surface area contributed by atoms with Gasteiger partial charge in [0.25, 0.3) is 5.71 Å². The molecular formula is C21H24F3N3O2. The van der Waals surface area contributed by atoms with Crippen LogP contribution in [-0.2, 0) is 17.4 Å². The Labute approximate surface area is 166 Å². The fourth-order valence-corrected chi connectivity index (χ4v) is 5.18. The number of aryl methyl sites for hydroxylation is 1. The minimum atomic E-state index is -4.49. The van der Waals surface area contributed by atoms with Crippen molar-refractivity contribution in [2.45, 2.75) is 64.0 Å². The minimum Gasteiger partial charge on any atom is -0.342 e. The van der Waals surface area contributed by atoms with E-state index in [1.807, 2.05) is 4.90 Å². The van der Waals surface area contributed by atoms with Crippen LogP contribution in [0.15, 0.2) is 10.6 Å². The molecule has 0 radical (unpaired) electrons. The lowest BCUT2D eigenvalue weighted by molar-refractivity contribution is -0.136. The maximum absolute atomic E-state index is 13.7. The second-order valence-electron chi connectivity index (χ2n) is 8.83. The van der Waals surface area contributed by atoms with Gasteiger partial charge in [0.1, 0.15) is 0 Å². The Bertz CT molecular complexity index is 956. The van der Waals surface area contributed by atoms with Gasteiger partial charge in [0.15, 0.2) is 0 Å². The van der Waals surface area contributed by atoms with E-state index in [4.69, 9.17) is 4.52 Å². The molecule has 2 aliphatic carbocycles. The van der Waals surface area contributed by atoms with Crippen LogP contribution in [0.5, 0.6) is 0 Å². The number of carbonyl (C=O) groups is 1. The predicted molar refractivity (Wildman–Crippen MR) is 99.1 cm³/mol. The highest BCUT2D eigenvalue weighted by Crippen LogP contribution is 2.66. The highest BCUT2D eigenvalue weighted by Gasteiger charge is 2.61. The van der Waals surface area contributed by atoms with E-state index in [-0.39, 0.29) is 28.8 Å². The van der Waals surface area contributed by atoms with Crippen LogP contribution < -0.4 is 0 Å². The molecular weight excluding hydrogens is 383 g/mol. The molecule has 1 saturated heterocycles. The number of hydrogen-bond donors (Lipinski definition) is 0. The minimum absolute atomic E-state index is 0.0184. The molecule has 8 heteroatoms. The Morgan fingerprint density at radius 3 is 2.59 bits per heavy atom. The van der Waals surface area contributed by atoms with Crippen LogP contribution in [0, 0.1) is 11.3 Å². The number of nitrogens with zero attached hydrogens (tertiary/aromatic N) is 3. The molecule has 2 saturated carbocycles. The van der Waals surface area contributed by atoms with Crippen molar-refractivity contribution in [2.24, 2.45) is 11.3 Å². The number of hydrogen-bond acceptors (Lipinski definition) is 4. The van der Waals surface area contributed by atoms with Crippen molar-refractivity contribution in [3.63, 3.8) is 0 Å². The molecule has 1 atom stereocenters. The number of rotatable bonds is 3. The molecule has 1 amide bonds. The van der Waals surface area contributed by atoms with E-state index in [1.54, 1.807) is 6.92 Å². The second-order valence-corrected chi connectivity index (χ2v) is 8.83. The van der Waals surface area contributed by atoms with Crippen molar-refractivity contribution < 1.29 is 22.5 Å². The fraction of sp³-hybridized carbons (Fsp3) is 0.667. The summed E-state index contributed by atoms with van der Waals surface area (Å²) in [6.07, 6.45) is 1.65. The molecule has 3 aliphatic rings. The normalized spacial score (nSPS) is 24.1. The van der Waals surface area contributed by atoms with Crippen molar-refractivity contribution in [1.29, 1.82) is 0 Å². The summed E-state index contributed by atoms with van der Waals surface area (Å²) in [5, 5.41) is 3.97. The summed E-state index contributed by atoms with van der Waals surface area (Å²) in [6.45, 7) is 2.88. The molecule has 0 aromatic carbocycles. The van der Waals surface area contributed by atoms with E-state index in [0.717, 1.165) is 25.3 Å². The fourth-order valence-electron chi connectivity index (χ4n) is 5.18. The third kappa shape index (κ3) is 3.02. The summed E-state index contributed by atoms with van der Waals surface area (Å²) in [5.41, 5.74) is 0.188. The summed E-state index contributed by atoms with van der Waals surface area (Å²) >= 11 is 0. The number of alkyl halides is 3. The van der Waals surface area contributed by atoms with E-state index in [0.29, 0.717) is 49.2 Å². The van der Waals surface area contributed by atoms with Gasteiger partial charge in [0.2, 0.25) is 5.91 Å². The first-order chi connectivity index (χ1) is 13.8. The number of likely N-dealkylation sites (tertiary alicyclic amines) is 1. The highest BCUT2D eigenvalue weighted by molar-refractivity contribution is 5.83. The molecule has 29 heavy (non-hydrogen) atoms. The van der Waals surface area contributed by atoms with Gasteiger partial charge < -0.3 is 9.42 Å². The standard InChI is InChI=1S/C21H24F3N3O2/c1-2-13-10-14(21(22,23)24)16-17(26-29-18(16)25-13)12-4-8-27(9-5-12)19(28)15-11-20(15)6-3-7-20/h10,12,15H,2-9,11H2,1H3/t15-/m0/s1. The van der Waals surface area contributed by atoms with Gasteiger partial charge in [0, 0.05) is 30.6 Å². The first-order valence-electron chi connectivity index (χ1n) is 10.5. The molecule has 0 unspecified atom stereocenters. The number of amides is 1. The summed E-state index contributed by atoms with van der Waals surface area (Å²) < 4.78 is 46.3. The van der Waals surface area contributed by atoms with Crippen LogP contribution in [0.4, 0.5) is 13.2 Å². The van der Waals surface area contributed by atoms with E-state index < -0.39 is 11.7 Å². The summed E-state index contributed by atoms with van der Waals surface area (Å²) in [6, 6.07) is 1.10. The van der Waals surface area contributed by atoms with Gasteiger partial charge >= 0.3 is 6.18 Å². The lowest BCUT2D eigenvalue weighted by Crippen LogP contribution is -2.40. The first-order valence-corrected chi connectivity index (χ1v) is 10.5. The Kier molecular flexibility index (Phi) is 4.19. The average Bonchev–Trinajstić information content (AvgIpc) is 3.32. The smallest absolute Gasteiger partial charge is 0.342 e. The Balaban J connectivity index is 1.36. The van der Waals surface area contributed by atoms with Gasteiger partial charge in [-0.1, -0.05) is 18.5 Å². The van der Waals surface area contributed by atoms with Crippen molar-refractivity contribution in [1.82, 2.24) is 15.0 Å². The molecule has 1 spiro atoms. The van der Waals surface area contributed by atoms with Gasteiger partial charge in [-0.2, -0.15) is 13.2 Å². The summed E-state index contributed by atoms with van der Waals surface area (Å²) in [4.78, 5) is 18.9. The van der Waals surface area contributed by atoms with Crippen molar-refractivity contribution >= 4 is 17.0 Å². The summed E-state index contributed by atoms with van der Waals surface area (Å²) in [7, 11) is 0. The summed E-state index contributed by atoms with van der Waals surface area (Å²) in [5.74, 6) is 0.250. The average molecular weight is 407 g/mol. The van der Waals surface area contributed by atoms with Gasteiger partial charge in [0.05, 0.1) is 16.6 Å². The number of halogens is 3. The molecule has 5 nitrogen and oxygen atoms in total. The zero-order chi connectivity index (χ0) is 20.4. The zero-order valence-electron chi connectivity index (χ0n) is 16.4. The molecule has 1 aliphatic heterocycles. The van der Waals surface area contributed by atoms with Crippen molar-refractivity contribution in [2.75, 3.05) is 13.1 Å². The van der Waals surface area contributed by atoms with Gasteiger partial charge in [-0.25, -0.2) is 4.98 Å². The number of piperidine rings is 1. The SMILES string of the molecule is CCc1cc(C(F)(F)F)c2c(C3CCN(C(=O)[C@@H]4CC45CCC5)CC3)noc2n1. The number of carbonyl (C=O) groups excluding carboxylic acids is 1. The van der Waals surface area contributed by atoms with Crippen LogP contribution >= 0.6 is 0 Å². The molecule has 0 N–H and O–H groups in total. The lowest BCUT2D eigenvalue weighted by Gasteiger charge is -2.33. The topological polar surface area (TPSA) is 59.2 Å². The number of pyridine rings is 1. The highest BCUT2D eigenvalue weighted by atomic mass is 19.4. The maximum Gasteiger partial charge on any atom is 0.417 e. The third-order valence-electron chi connectivity index (χ3n) is 7.22. The van der Waals surface area contributed by atoms with Crippen LogP contribution in [-0.4, -0.2) is 34.0 Å². The van der Waals surface area contributed by atoms with Crippen molar-refractivity contribution in [3.8, 4) is 0 Å². The lowest BCUT2D eigenvalue weighted by atomic mass is 9.79. The quantitative estimate of drug-likeness (QED) is 0.740. The Morgan fingerprint density at radius 1 is 1.31 bits per heavy atom. The van der Waals surface area contributed by atoms with Crippen molar-refractivity contribution in [3.05, 3.63) is 23.0 Å². The Hall–Kier alpha value is -2.12. The first kappa shape index (κ1) is 18.9.